The first-order chi connectivity index (χ1) is 9.20. The third-order valence-electron chi connectivity index (χ3n) is 2.69. The summed E-state index contributed by atoms with van der Waals surface area (Å²) in [6, 6.07) is 1.38. The molecule has 1 amide bonds. The molecular formula is C11H15BrClN3O3S. The first-order valence-electron chi connectivity index (χ1n) is 5.69. The Morgan fingerprint density at radius 1 is 1.60 bits per heavy atom. The lowest BCUT2D eigenvalue weighted by atomic mass is 10.2. The Morgan fingerprint density at radius 3 is 2.75 bits per heavy atom. The van der Waals surface area contributed by atoms with E-state index in [1.54, 1.807) is 6.92 Å². The van der Waals surface area contributed by atoms with E-state index in [1.165, 1.54) is 26.4 Å². The quantitative estimate of drug-likeness (QED) is 0.780. The molecule has 20 heavy (non-hydrogen) atoms. The van der Waals surface area contributed by atoms with Gasteiger partial charge in [-0.25, -0.2) is 17.7 Å². The van der Waals surface area contributed by atoms with E-state index in [-0.39, 0.29) is 22.5 Å². The van der Waals surface area contributed by atoms with E-state index in [1.807, 2.05) is 0 Å². The molecule has 0 aliphatic heterocycles. The number of nitrogens with zero attached hydrogens (tertiary/aromatic N) is 2. The maximum atomic E-state index is 12.4. The van der Waals surface area contributed by atoms with E-state index in [0.29, 0.717) is 4.47 Å². The average molecular weight is 385 g/mol. The molecule has 1 heterocycles. The zero-order valence-electron chi connectivity index (χ0n) is 11.2. The van der Waals surface area contributed by atoms with Crippen LogP contribution in [0.5, 0.6) is 0 Å². The highest BCUT2D eigenvalue weighted by molar-refractivity contribution is 9.10. The Labute approximate surface area is 131 Å². The van der Waals surface area contributed by atoms with Crippen molar-refractivity contribution in [2.45, 2.75) is 11.8 Å². The van der Waals surface area contributed by atoms with E-state index in [2.05, 4.69) is 26.2 Å². The number of pyridine rings is 1. The molecule has 0 aliphatic rings. The van der Waals surface area contributed by atoms with Gasteiger partial charge in [-0.2, -0.15) is 0 Å². The van der Waals surface area contributed by atoms with Gasteiger partial charge in [0.05, 0.1) is 0 Å². The molecule has 0 fully saturated rings. The fourth-order valence-corrected chi connectivity index (χ4v) is 3.74. The molecule has 9 heteroatoms. The minimum absolute atomic E-state index is 0.0465. The van der Waals surface area contributed by atoms with Crippen molar-refractivity contribution >= 4 is 43.5 Å². The zero-order valence-corrected chi connectivity index (χ0v) is 14.4. The van der Waals surface area contributed by atoms with Crippen molar-refractivity contribution in [2.24, 2.45) is 5.92 Å². The molecule has 0 spiro atoms. The van der Waals surface area contributed by atoms with E-state index in [0.717, 1.165) is 4.31 Å². The molecule has 1 aromatic heterocycles. The van der Waals surface area contributed by atoms with Crippen LogP contribution in [0.1, 0.15) is 6.92 Å². The second kappa shape index (κ2) is 6.84. The fourth-order valence-electron chi connectivity index (χ4n) is 1.57. The number of rotatable bonds is 5. The Hall–Kier alpha value is -0.700. The first-order valence-corrected chi connectivity index (χ1v) is 8.30. The van der Waals surface area contributed by atoms with Crippen LogP contribution < -0.4 is 5.32 Å². The van der Waals surface area contributed by atoms with Crippen molar-refractivity contribution in [3.8, 4) is 0 Å². The molecule has 0 aliphatic carbocycles. The number of nitrogens with one attached hydrogen (secondary N) is 1. The van der Waals surface area contributed by atoms with Gasteiger partial charge in [0.2, 0.25) is 15.9 Å². The highest BCUT2D eigenvalue weighted by Crippen LogP contribution is 2.25. The summed E-state index contributed by atoms with van der Waals surface area (Å²) in [5.74, 6) is -0.704. The molecule has 0 saturated carbocycles. The summed E-state index contributed by atoms with van der Waals surface area (Å²) in [5.41, 5.74) is 0. The SMILES string of the molecule is CNC(=O)C(C)CN(C)S(=O)(=O)c1cc(Br)cnc1Cl. The maximum Gasteiger partial charge on any atom is 0.245 e. The molecule has 0 radical (unpaired) electrons. The van der Waals surface area contributed by atoms with Gasteiger partial charge in [0.1, 0.15) is 10.0 Å². The molecule has 112 valence electrons. The van der Waals surface area contributed by atoms with Crippen LogP contribution in [0.2, 0.25) is 5.15 Å². The highest BCUT2D eigenvalue weighted by Gasteiger charge is 2.27. The predicted octanol–water partition coefficient (Wildman–Crippen LogP) is 1.50. The zero-order chi connectivity index (χ0) is 15.5. The van der Waals surface area contributed by atoms with Crippen LogP contribution in [0.3, 0.4) is 0 Å². The summed E-state index contributed by atoms with van der Waals surface area (Å²) >= 11 is 8.99. The predicted molar refractivity (Wildman–Crippen MR) is 80.0 cm³/mol. The minimum atomic E-state index is -3.80. The monoisotopic (exact) mass is 383 g/mol. The number of carbonyl (C=O) groups is 1. The van der Waals surface area contributed by atoms with Crippen LogP contribution in [0.4, 0.5) is 0 Å². The van der Waals surface area contributed by atoms with Crippen LogP contribution in [0, 0.1) is 5.92 Å². The van der Waals surface area contributed by atoms with Crippen molar-refractivity contribution in [2.75, 3.05) is 20.6 Å². The van der Waals surface area contributed by atoms with Crippen LogP contribution in [0.15, 0.2) is 21.6 Å². The Bertz CT molecular complexity index is 609. The van der Waals surface area contributed by atoms with Gasteiger partial charge in [0.25, 0.3) is 0 Å². The van der Waals surface area contributed by atoms with Crippen LogP contribution in [-0.4, -0.2) is 44.3 Å². The van der Waals surface area contributed by atoms with Gasteiger partial charge in [-0.15, -0.1) is 0 Å². The second-order valence-electron chi connectivity index (χ2n) is 4.24. The highest BCUT2D eigenvalue weighted by atomic mass is 79.9. The summed E-state index contributed by atoms with van der Waals surface area (Å²) in [5, 5.41) is 2.37. The lowest BCUT2D eigenvalue weighted by molar-refractivity contribution is -0.124. The Kier molecular flexibility index (Phi) is 5.93. The third kappa shape index (κ3) is 3.91. The number of carbonyl (C=O) groups excluding carboxylic acids is 1. The molecule has 1 unspecified atom stereocenters. The van der Waals surface area contributed by atoms with Crippen molar-refractivity contribution in [1.82, 2.24) is 14.6 Å². The number of hydrogen-bond donors (Lipinski definition) is 1. The summed E-state index contributed by atoms with van der Waals surface area (Å²) in [6.07, 6.45) is 1.41. The minimum Gasteiger partial charge on any atom is -0.359 e. The molecule has 1 N–H and O–H groups in total. The lowest BCUT2D eigenvalue weighted by Gasteiger charge is -2.20. The molecule has 1 atom stereocenters. The van der Waals surface area contributed by atoms with Crippen molar-refractivity contribution in [3.05, 3.63) is 21.9 Å². The summed E-state index contributed by atoms with van der Waals surface area (Å²) in [6.45, 7) is 1.69. The second-order valence-corrected chi connectivity index (χ2v) is 7.53. The van der Waals surface area contributed by atoms with Crippen molar-refractivity contribution < 1.29 is 13.2 Å². The number of hydrogen-bond acceptors (Lipinski definition) is 4. The fraction of sp³-hybridized carbons (Fsp3) is 0.455. The Morgan fingerprint density at radius 2 is 2.20 bits per heavy atom. The van der Waals surface area contributed by atoms with Gasteiger partial charge in [0.15, 0.2) is 0 Å². The van der Waals surface area contributed by atoms with Crippen LogP contribution in [-0.2, 0) is 14.8 Å². The van der Waals surface area contributed by atoms with Crippen LogP contribution in [0.25, 0.3) is 0 Å². The van der Waals surface area contributed by atoms with Crippen molar-refractivity contribution in [3.63, 3.8) is 0 Å². The van der Waals surface area contributed by atoms with Gasteiger partial charge in [-0.1, -0.05) is 18.5 Å². The topological polar surface area (TPSA) is 79.4 Å². The molecular weight excluding hydrogens is 370 g/mol. The standard InChI is InChI=1S/C11H15BrClN3O3S/c1-7(11(17)14-2)6-16(3)20(18,19)9-4-8(12)5-15-10(9)13/h4-5,7H,6H2,1-3H3,(H,14,17). The molecule has 0 aromatic carbocycles. The molecule has 0 bridgehead atoms. The van der Waals surface area contributed by atoms with E-state index >= 15 is 0 Å². The summed E-state index contributed by atoms with van der Waals surface area (Å²) in [4.78, 5) is 15.1. The van der Waals surface area contributed by atoms with Crippen LogP contribution >= 0.6 is 27.5 Å². The summed E-state index contributed by atoms with van der Waals surface area (Å²) in [7, 11) is -0.903. The third-order valence-corrected chi connectivity index (χ3v) is 5.37. The molecule has 0 saturated heterocycles. The average Bonchev–Trinajstić information content (AvgIpc) is 2.40. The number of sulfonamides is 1. The maximum absolute atomic E-state index is 12.4. The summed E-state index contributed by atoms with van der Waals surface area (Å²) < 4.78 is 26.4. The lowest BCUT2D eigenvalue weighted by Crippen LogP contribution is -2.37. The number of amides is 1. The number of halogens is 2. The molecule has 6 nitrogen and oxygen atoms in total. The number of aromatic nitrogens is 1. The van der Waals surface area contributed by atoms with Gasteiger partial charge in [-0.05, 0) is 22.0 Å². The normalized spacial score (nSPS) is 13.3. The Balaban J connectivity index is 3.04. The van der Waals surface area contributed by atoms with Gasteiger partial charge < -0.3 is 5.32 Å². The largest absolute Gasteiger partial charge is 0.359 e. The van der Waals surface area contributed by atoms with Gasteiger partial charge in [0, 0.05) is 37.2 Å². The molecule has 1 rings (SSSR count). The van der Waals surface area contributed by atoms with E-state index in [4.69, 9.17) is 11.6 Å². The van der Waals surface area contributed by atoms with Crippen molar-refractivity contribution in [1.29, 1.82) is 0 Å². The van der Waals surface area contributed by atoms with E-state index < -0.39 is 15.9 Å². The van der Waals surface area contributed by atoms with Gasteiger partial charge in [-0.3, -0.25) is 4.79 Å². The van der Waals surface area contributed by atoms with Gasteiger partial charge >= 0.3 is 0 Å². The smallest absolute Gasteiger partial charge is 0.245 e. The first kappa shape index (κ1) is 17.4. The van der Waals surface area contributed by atoms with E-state index in [9.17, 15) is 13.2 Å². The molecule has 1 aromatic rings.